The van der Waals surface area contributed by atoms with Gasteiger partial charge in [0.1, 0.15) is 0 Å². The lowest BCUT2D eigenvalue weighted by Crippen LogP contribution is -1.93. The first-order valence-corrected chi connectivity index (χ1v) is 6.51. The standard InChI is InChI=1S/C16H14N4O/c1-12-8-17-7-6-14(12)9-19-20-15-4-2-13(3-5-15)16-10-18-11-21-16/h2-11,20H,1H3. The van der Waals surface area contributed by atoms with Gasteiger partial charge in [0.05, 0.1) is 18.1 Å². The van der Waals surface area contributed by atoms with Crippen molar-refractivity contribution in [2.75, 3.05) is 5.43 Å². The first kappa shape index (κ1) is 13.1. The lowest BCUT2D eigenvalue weighted by Gasteiger charge is -2.02. The van der Waals surface area contributed by atoms with Crippen molar-refractivity contribution in [3.63, 3.8) is 0 Å². The molecule has 0 aliphatic rings. The molecule has 0 saturated heterocycles. The Hall–Kier alpha value is -2.95. The molecule has 5 nitrogen and oxygen atoms in total. The Kier molecular flexibility index (Phi) is 3.73. The number of hydrogen-bond acceptors (Lipinski definition) is 5. The van der Waals surface area contributed by atoms with Crippen LogP contribution in [-0.4, -0.2) is 16.2 Å². The van der Waals surface area contributed by atoms with Crippen LogP contribution in [0.25, 0.3) is 11.3 Å². The number of nitrogens with zero attached hydrogens (tertiary/aromatic N) is 3. The second-order valence-electron chi connectivity index (χ2n) is 4.55. The summed E-state index contributed by atoms with van der Waals surface area (Å²) in [7, 11) is 0. The minimum Gasteiger partial charge on any atom is -0.444 e. The third kappa shape index (κ3) is 3.14. The summed E-state index contributed by atoms with van der Waals surface area (Å²) in [4.78, 5) is 7.95. The van der Waals surface area contributed by atoms with Gasteiger partial charge in [0.2, 0.25) is 0 Å². The third-order valence-electron chi connectivity index (χ3n) is 3.06. The molecule has 0 bridgehead atoms. The van der Waals surface area contributed by atoms with Gasteiger partial charge in [-0.05, 0) is 42.8 Å². The molecule has 2 aromatic heterocycles. The Morgan fingerprint density at radius 1 is 1.10 bits per heavy atom. The Labute approximate surface area is 122 Å². The number of aryl methyl sites for hydroxylation is 1. The zero-order valence-corrected chi connectivity index (χ0v) is 11.5. The quantitative estimate of drug-likeness (QED) is 0.586. The minimum atomic E-state index is 0.748. The van der Waals surface area contributed by atoms with Crippen molar-refractivity contribution in [1.82, 2.24) is 9.97 Å². The van der Waals surface area contributed by atoms with Crippen LogP contribution in [0.2, 0.25) is 0 Å². The van der Waals surface area contributed by atoms with Gasteiger partial charge in [-0.3, -0.25) is 10.4 Å². The molecule has 2 heterocycles. The largest absolute Gasteiger partial charge is 0.444 e. The molecular weight excluding hydrogens is 264 g/mol. The maximum Gasteiger partial charge on any atom is 0.181 e. The summed E-state index contributed by atoms with van der Waals surface area (Å²) < 4.78 is 5.24. The van der Waals surface area contributed by atoms with Crippen LogP contribution in [0, 0.1) is 6.92 Å². The van der Waals surface area contributed by atoms with Crippen molar-refractivity contribution in [2.45, 2.75) is 6.92 Å². The van der Waals surface area contributed by atoms with Crippen LogP contribution in [0.4, 0.5) is 5.69 Å². The molecular formula is C16H14N4O. The summed E-state index contributed by atoms with van der Waals surface area (Å²) in [6, 6.07) is 9.71. The van der Waals surface area contributed by atoms with E-state index in [4.69, 9.17) is 4.42 Å². The smallest absolute Gasteiger partial charge is 0.181 e. The summed E-state index contributed by atoms with van der Waals surface area (Å²) in [5.41, 5.74) is 7.00. The fourth-order valence-electron chi connectivity index (χ4n) is 1.87. The molecule has 0 amide bonds. The lowest BCUT2D eigenvalue weighted by atomic mass is 10.2. The highest BCUT2D eigenvalue weighted by Crippen LogP contribution is 2.20. The van der Waals surface area contributed by atoms with Gasteiger partial charge in [-0.1, -0.05) is 0 Å². The van der Waals surface area contributed by atoms with Gasteiger partial charge < -0.3 is 4.42 Å². The van der Waals surface area contributed by atoms with Gasteiger partial charge >= 0.3 is 0 Å². The van der Waals surface area contributed by atoms with E-state index < -0.39 is 0 Å². The number of aromatic nitrogens is 2. The second-order valence-corrected chi connectivity index (χ2v) is 4.55. The molecule has 0 atom stereocenters. The zero-order valence-electron chi connectivity index (χ0n) is 11.5. The third-order valence-corrected chi connectivity index (χ3v) is 3.06. The second kappa shape index (κ2) is 6.00. The molecule has 0 fully saturated rings. The van der Waals surface area contributed by atoms with Crippen LogP contribution in [0.5, 0.6) is 0 Å². The Bertz CT molecular complexity index is 733. The van der Waals surface area contributed by atoms with E-state index >= 15 is 0 Å². The predicted molar refractivity (Wildman–Crippen MR) is 82.1 cm³/mol. The molecule has 0 spiro atoms. The molecule has 5 heteroatoms. The number of oxazole rings is 1. The first-order chi connectivity index (χ1) is 10.3. The normalized spacial score (nSPS) is 10.9. The summed E-state index contributed by atoms with van der Waals surface area (Å²) in [5.74, 6) is 0.748. The van der Waals surface area contributed by atoms with Gasteiger partial charge in [-0.2, -0.15) is 5.10 Å². The average molecular weight is 278 g/mol. The molecule has 0 aliphatic heterocycles. The molecule has 3 rings (SSSR count). The highest BCUT2D eigenvalue weighted by atomic mass is 16.3. The monoisotopic (exact) mass is 278 g/mol. The van der Waals surface area contributed by atoms with Crippen molar-refractivity contribution < 1.29 is 4.42 Å². The zero-order chi connectivity index (χ0) is 14.5. The van der Waals surface area contributed by atoms with Gasteiger partial charge in [0, 0.05) is 23.5 Å². The number of benzene rings is 1. The molecule has 3 aromatic rings. The number of pyridine rings is 1. The topological polar surface area (TPSA) is 63.3 Å². The highest BCUT2D eigenvalue weighted by molar-refractivity contribution is 5.81. The van der Waals surface area contributed by atoms with Crippen molar-refractivity contribution in [3.8, 4) is 11.3 Å². The van der Waals surface area contributed by atoms with E-state index in [1.54, 1.807) is 18.6 Å². The Morgan fingerprint density at radius 3 is 2.67 bits per heavy atom. The number of anilines is 1. The van der Waals surface area contributed by atoms with Crippen LogP contribution in [0.3, 0.4) is 0 Å². The van der Waals surface area contributed by atoms with Crippen molar-refractivity contribution in [3.05, 3.63) is 66.4 Å². The van der Waals surface area contributed by atoms with Crippen LogP contribution in [0.1, 0.15) is 11.1 Å². The fourth-order valence-corrected chi connectivity index (χ4v) is 1.87. The summed E-state index contributed by atoms with van der Waals surface area (Å²) >= 11 is 0. The van der Waals surface area contributed by atoms with Crippen LogP contribution in [-0.2, 0) is 0 Å². The van der Waals surface area contributed by atoms with Crippen molar-refractivity contribution in [1.29, 1.82) is 0 Å². The molecule has 0 radical (unpaired) electrons. The van der Waals surface area contributed by atoms with E-state index in [0.29, 0.717) is 0 Å². The maximum absolute atomic E-state index is 5.24. The molecule has 104 valence electrons. The molecule has 21 heavy (non-hydrogen) atoms. The SMILES string of the molecule is Cc1cnccc1C=NNc1ccc(-c2cnco2)cc1. The van der Waals surface area contributed by atoms with Crippen LogP contribution >= 0.6 is 0 Å². The van der Waals surface area contributed by atoms with Gasteiger partial charge in [0.15, 0.2) is 12.2 Å². The summed E-state index contributed by atoms with van der Waals surface area (Å²) in [6.45, 7) is 2.00. The van der Waals surface area contributed by atoms with Gasteiger partial charge in [-0.15, -0.1) is 0 Å². The van der Waals surface area contributed by atoms with Gasteiger partial charge in [0.25, 0.3) is 0 Å². The minimum absolute atomic E-state index is 0.748. The highest BCUT2D eigenvalue weighted by Gasteiger charge is 2.00. The van der Waals surface area contributed by atoms with E-state index in [2.05, 4.69) is 20.5 Å². The Balaban J connectivity index is 1.67. The molecule has 0 unspecified atom stereocenters. The van der Waals surface area contributed by atoms with E-state index in [9.17, 15) is 0 Å². The first-order valence-electron chi connectivity index (χ1n) is 6.51. The lowest BCUT2D eigenvalue weighted by molar-refractivity contribution is 0.572. The number of rotatable bonds is 4. The van der Waals surface area contributed by atoms with E-state index in [1.165, 1.54) is 6.39 Å². The molecule has 1 N–H and O–H groups in total. The number of hydrogen-bond donors (Lipinski definition) is 1. The van der Waals surface area contributed by atoms with Gasteiger partial charge in [-0.25, -0.2) is 4.98 Å². The van der Waals surface area contributed by atoms with E-state index in [-0.39, 0.29) is 0 Å². The number of nitrogens with one attached hydrogen (secondary N) is 1. The molecule has 1 aromatic carbocycles. The van der Waals surface area contributed by atoms with Crippen molar-refractivity contribution >= 4 is 11.9 Å². The fraction of sp³-hybridized carbons (Fsp3) is 0.0625. The van der Waals surface area contributed by atoms with Crippen molar-refractivity contribution in [2.24, 2.45) is 5.10 Å². The predicted octanol–water partition coefficient (Wildman–Crippen LogP) is 3.49. The average Bonchev–Trinajstić information content (AvgIpc) is 3.04. The van der Waals surface area contributed by atoms with Crippen LogP contribution in [0.15, 0.2) is 64.8 Å². The summed E-state index contributed by atoms with van der Waals surface area (Å²) in [6.07, 6.45) is 8.45. The molecule has 0 aliphatic carbocycles. The van der Waals surface area contributed by atoms with Crippen LogP contribution < -0.4 is 5.43 Å². The van der Waals surface area contributed by atoms with E-state index in [1.807, 2.05) is 43.5 Å². The maximum atomic E-state index is 5.24. The Morgan fingerprint density at radius 2 is 1.95 bits per heavy atom. The van der Waals surface area contributed by atoms with E-state index in [0.717, 1.165) is 28.1 Å². The summed E-state index contributed by atoms with van der Waals surface area (Å²) in [5, 5.41) is 4.23. The number of hydrazone groups is 1. The molecule has 0 saturated carbocycles.